The molecule has 0 N–H and O–H groups in total. The van der Waals surface area contributed by atoms with E-state index < -0.39 is 11.9 Å². The normalized spacial score (nSPS) is 12.4. The summed E-state index contributed by atoms with van der Waals surface area (Å²) >= 11 is 3.65. The van der Waals surface area contributed by atoms with Gasteiger partial charge in [0.15, 0.2) is 0 Å². The van der Waals surface area contributed by atoms with Gasteiger partial charge in [0.1, 0.15) is 11.7 Å². The summed E-state index contributed by atoms with van der Waals surface area (Å²) in [6, 6.07) is 12.2. The average Bonchev–Trinajstić information content (AvgIpc) is 2.48. The van der Waals surface area contributed by atoms with Crippen LogP contribution in [0.1, 0.15) is 32.8 Å². The van der Waals surface area contributed by atoms with Crippen LogP contribution in [0.25, 0.3) is 10.8 Å². The molecule has 1 unspecified atom stereocenters. The van der Waals surface area contributed by atoms with Gasteiger partial charge in [0.25, 0.3) is 0 Å². The van der Waals surface area contributed by atoms with E-state index in [1.807, 2.05) is 18.2 Å². The number of rotatable bonds is 6. The number of carbonyl (C=O) groups is 2. The van der Waals surface area contributed by atoms with Crippen LogP contribution in [-0.4, -0.2) is 17.9 Å². The van der Waals surface area contributed by atoms with E-state index in [4.69, 9.17) is 4.74 Å². The third-order valence-corrected chi connectivity index (χ3v) is 4.71. The molecule has 23 heavy (non-hydrogen) atoms. The summed E-state index contributed by atoms with van der Waals surface area (Å²) in [4.78, 5) is 23.8. The third kappa shape index (κ3) is 4.41. The maximum absolute atomic E-state index is 12.1. The number of hydrogen-bond donors (Lipinski definition) is 0. The van der Waals surface area contributed by atoms with E-state index in [1.165, 1.54) is 6.92 Å². The van der Waals surface area contributed by atoms with Crippen LogP contribution < -0.4 is 0 Å². The molecule has 0 aliphatic heterocycles. The van der Waals surface area contributed by atoms with Gasteiger partial charge in [0.05, 0.1) is 6.10 Å². The third-order valence-electron chi connectivity index (χ3n) is 3.77. The molecule has 122 valence electrons. The van der Waals surface area contributed by atoms with Crippen molar-refractivity contribution in [3.63, 3.8) is 0 Å². The number of carbonyl (C=O) groups excluding carboxylic acids is 2. The predicted molar refractivity (Wildman–Crippen MR) is 95.4 cm³/mol. The quantitative estimate of drug-likeness (QED) is 0.542. The highest BCUT2D eigenvalue weighted by Gasteiger charge is 2.25. The molecule has 0 saturated heterocycles. The van der Waals surface area contributed by atoms with Gasteiger partial charge in [-0.25, -0.2) is 0 Å². The summed E-state index contributed by atoms with van der Waals surface area (Å²) in [7, 11) is 0. The van der Waals surface area contributed by atoms with Crippen molar-refractivity contribution in [2.45, 2.75) is 39.7 Å². The fourth-order valence-corrected chi connectivity index (χ4v) is 3.26. The number of benzene rings is 2. The minimum Gasteiger partial charge on any atom is -0.462 e. The van der Waals surface area contributed by atoms with E-state index in [2.05, 4.69) is 34.1 Å². The lowest BCUT2D eigenvalue weighted by atomic mass is 9.95. The van der Waals surface area contributed by atoms with Crippen LogP contribution in [0.4, 0.5) is 0 Å². The molecule has 2 aromatic rings. The summed E-state index contributed by atoms with van der Waals surface area (Å²) in [5, 5.41) is 2.29. The van der Waals surface area contributed by atoms with E-state index in [0.29, 0.717) is 12.8 Å². The zero-order valence-corrected chi connectivity index (χ0v) is 15.2. The molecular formula is C19H21BrO3. The van der Waals surface area contributed by atoms with Crippen molar-refractivity contribution in [3.8, 4) is 0 Å². The number of Topliss-reactive ketones (excluding diaryl/α,β-unsaturated/α-hetero) is 1. The fraction of sp³-hybridized carbons (Fsp3) is 0.368. The number of ketones is 1. The molecule has 0 aliphatic rings. The molecule has 0 saturated carbocycles. The lowest BCUT2D eigenvalue weighted by Crippen LogP contribution is -2.27. The van der Waals surface area contributed by atoms with Crippen molar-refractivity contribution >= 4 is 38.5 Å². The predicted octanol–water partition coefficient (Wildman–Crippen LogP) is 4.69. The van der Waals surface area contributed by atoms with Gasteiger partial charge in [-0.2, -0.15) is 0 Å². The van der Waals surface area contributed by atoms with Gasteiger partial charge in [-0.1, -0.05) is 36.4 Å². The first-order valence-electron chi connectivity index (χ1n) is 7.77. The fourth-order valence-electron chi connectivity index (χ4n) is 2.57. The number of fused-ring (bicyclic) bond motifs is 1. The molecule has 1 atom stereocenters. The van der Waals surface area contributed by atoms with Crippen LogP contribution in [0.3, 0.4) is 0 Å². The van der Waals surface area contributed by atoms with Crippen molar-refractivity contribution in [2.24, 2.45) is 5.92 Å². The van der Waals surface area contributed by atoms with E-state index in [-0.39, 0.29) is 11.9 Å². The Morgan fingerprint density at radius 1 is 1.13 bits per heavy atom. The summed E-state index contributed by atoms with van der Waals surface area (Å²) < 4.78 is 6.21. The van der Waals surface area contributed by atoms with Gasteiger partial charge in [-0.05, 0) is 65.9 Å². The van der Waals surface area contributed by atoms with Gasteiger partial charge < -0.3 is 4.74 Å². The molecule has 4 heteroatoms. The first-order chi connectivity index (χ1) is 10.9. The summed E-state index contributed by atoms with van der Waals surface area (Å²) in [6.45, 7) is 5.02. The molecule has 2 aromatic carbocycles. The van der Waals surface area contributed by atoms with Crippen LogP contribution in [0.5, 0.6) is 0 Å². The molecule has 0 fully saturated rings. The number of hydrogen-bond acceptors (Lipinski definition) is 3. The molecule has 0 aliphatic carbocycles. The van der Waals surface area contributed by atoms with Crippen LogP contribution in [0.15, 0.2) is 40.9 Å². The highest BCUT2D eigenvalue weighted by atomic mass is 79.9. The van der Waals surface area contributed by atoms with Crippen molar-refractivity contribution < 1.29 is 14.3 Å². The minimum atomic E-state index is -0.698. The lowest BCUT2D eigenvalue weighted by Gasteiger charge is -2.16. The molecule has 0 heterocycles. The van der Waals surface area contributed by atoms with E-state index in [0.717, 1.165) is 20.8 Å². The number of esters is 1. The second kappa shape index (κ2) is 7.73. The Morgan fingerprint density at radius 2 is 1.83 bits per heavy atom. The van der Waals surface area contributed by atoms with Crippen molar-refractivity contribution in [2.75, 3.05) is 0 Å². The molecule has 0 amide bonds. The smallest absolute Gasteiger partial charge is 0.316 e. The molecule has 0 spiro atoms. The van der Waals surface area contributed by atoms with Crippen molar-refractivity contribution in [3.05, 3.63) is 46.4 Å². The van der Waals surface area contributed by atoms with Crippen LogP contribution >= 0.6 is 15.9 Å². The van der Waals surface area contributed by atoms with E-state index in [9.17, 15) is 9.59 Å². The number of aryl methyl sites for hydroxylation is 1. The standard InChI is InChI=1S/C19H21BrO3/c1-12(2)23-19(22)16(13(3)21)11-10-15-9-8-14-6-4-5-7-17(14)18(15)20/h4-9,12,16H,10-11H2,1-3H3. The van der Waals surface area contributed by atoms with Gasteiger partial charge in [-0.3, -0.25) is 9.59 Å². The zero-order valence-electron chi connectivity index (χ0n) is 13.6. The lowest BCUT2D eigenvalue weighted by molar-refractivity contribution is -0.155. The van der Waals surface area contributed by atoms with Gasteiger partial charge in [0.2, 0.25) is 0 Å². The first-order valence-corrected chi connectivity index (χ1v) is 8.56. The Hall–Kier alpha value is -1.68. The monoisotopic (exact) mass is 376 g/mol. The SMILES string of the molecule is CC(=O)C(CCc1ccc2ccccc2c1Br)C(=O)OC(C)C. The Balaban J connectivity index is 2.16. The largest absolute Gasteiger partial charge is 0.462 e. The summed E-state index contributed by atoms with van der Waals surface area (Å²) in [5.74, 6) is -1.27. The highest BCUT2D eigenvalue weighted by Crippen LogP contribution is 2.29. The molecule has 2 rings (SSSR count). The number of halogens is 1. The average molecular weight is 377 g/mol. The van der Waals surface area contributed by atoms with Gasteiger partial charge in [-0.15, -0.1) is 0 Å². The Labute approximate surface area is 145 Å². The van der Waals surface area contributed by atoms with Crippen LogP contribution in [0, 0.1) is 5.92 Å². The minimum absolute atomic E-state index is 0.146. The van der Waals surface area contributed by atoms with Gasteiger partial charge >= 0.3 is 5.97 Å². The Kier molecular flexibility index (Phi) is 5.94. The second-order valence-electron chi connectivity index (χ2n) is 5.95. The van der Waals surface area contributed by atoms with E-state index in [1.54, 1.807) is 13.8 Å². The van der Waals surface area contributed by atoms with Crippen LogP contribution in [0.2, 0.25) is 0 Å². The Bertz CT molecular complexity index is 722. The van der Waals surface area contributed by atoms with Crippen molar-refractivity contribution in [1.82, 2.24) is 0 Å². The molecular weight excluding hydrogens is 356 g/mol. The number of ether oxygens (including phenoxy) is 1. The second-order valence-corrected chi connectivity index (χ2v) is 6.74. The molecule has 0 bridgehead atoms. The van der Waals surface area contributed by atoms with E-state index >= 15 is 0 Å². The van der Waals surface area contributed by atoms with Gasteiger partial charge in [0, 0.05) is 4.47 Å². The maximum atomic E-state index is 12.1. The highest BCUT2D eigenvalue weighted by molar-refractivity contribution is 9.10. The molecule has 3 nitrogen and oxygen atoms in total. The Morgan fingerprint density at radius 3 is 2.48 bits per heavy atom. The topological polar surface area (TPSA) is 43.4 Å². The summed E-state index contributed by atoms with van der Waals surface area (Å²) in [6.07, 6.45) is 0.887. The molecule has 0 aromatic heterocycles. The zero-order chi connectivity index (χ0) is 17.0. The maximum Gasteiger partial charge on any atom is 0.316 e. The summed E-state index contributed by atoms with van der Waals surface area (Å²) in [5.41, 5.74) is 1.09. The molecule has 0 radical (unpaired) electrons. The van der Waals surface area contributed by atoms with Crippen LogP contribution in [-0.2, 0) is 20.7 Å². The first kappa shape index (κ1) is 17.7. The van der Waals surface area contributed by atoms with Crippen molar-refractivity contribution in [1.29, 1.82) is 0 Å².